The van der Waals surface area contributed by atoms with E-state index in [1.54, 1.807) is 4.68 Å². The maximum atomic E-state index is 11.9. The summed E-state index contributed by atoms with van der Waals surface area (Å²) in [6, 6.07) is 0. The summed E-state index contributed by atoms with van der Waals surface area (Å²) < 4.78 is 1.64. The molecule has 1 aliphatic rings. The molecule has 1 aromatic rings. The van der Waals surface area contributed by atoms with Gasteiger partial charge in [0.25, 0.3) is 0 Å². The average molecular weight is 280 g/mol. The number of nitrogens with zero attached hydrogens (tertiary/aromatic N) is 2. The molecule has 2 rings (SSSR count). The molecule has 0 unspecified atom stereocenters. The first kappa shape index (κ1) is 14.8. The quantitative estimate of drug-likeness (QED) is 0.758. The summed E-state index contributed by atoms with van der Waals surface area (Å²) in [6.07, 6.45) is 3.49. The molecule has 20 heavy (non-hydrogen) atoms. The van der Waals surface area contributed by atoms with Crippen molar-refractivity contribution in [1.29, 1.82) is 0 Å². The minimum atomic E-state index is -0.153. The highest BCUT2D eigenvalue weighted by molar-refractivity contribution is 5.75. The summed E-state index contributed by atoms with van der Waals surface area (Å²) in [7, 11) is 0. The molecular weight excluding hydrogens is 256 g/mol. The zero-order valence-corrected chi connectivity index (χ0v) is 12.2. The van der Waals surface area contributed by atoms with E-state index in [4.69, 9.17) is 5.73 Å². The highest BCUT2D eigenvalue weighted by Crippen LogP contribution is 2.23. The summed E-state index contributed by atoms with van der Waals surface area (Å²) in [4.78, 5) is 11.9. The third-order valence-electron chi connectivity index (χ3n) is 4.14. The molecule has 0 aliphatic heterocycles. The van der Waals surface area contributed by atoms with Gasteiger partial charge in [0, 0.05) is 6.54 Å². The van der Waals surface area contributed by atoms with Crippen LogP contribution in [0.4, 0.5) is 5.69 Å². The van der Waals surface area contributed by atoms with Gasteiger partial charge in [0.05, 0.1) is 23.2 Å². The molecule has 0 radical (unpaired) electrons. The van der Waals surface area contributed by atoms with Gasteiger partial charge >= 0.3 is 0 Å². The van der Waals surface area contributed by atoms with Crippen LogP contribution in [0.15, 0.2) is 0 Å². The van der Waals surface area contributed by atoms with Crippen molar-refractivity contribution in [3.8, 4) is 0 Å². The number of rotatable bonds is 4. The Bertz CT molecular complexity index is 476. The van der Waals surface area contributed by atoms with Gasteiger partial charge in [-0.15, -0.1) is 0 Å². The van der Waals surface area contributed by atoms with E-state index in [0.29, 0.717) is 18.2 Å². The Kier molecular flexibility index (Phi) is 4.65. The number of anilines is 1. The van der Waals surface area contributed by atoms with E-state index in [2.05, 4.69) is 10.4 Å². The number of nitrogen functional groups attached to an aromatic ring is 1. The number of hydrogen-bond acceptors (Lipinski definition) is 4. The average Bonchev–Trinajstić information content (AvgIpc) is 2.66. The molecule has 0 bridgehead atoms. The van der Waals surface area contributed by atoms with Crippen molar-refractivity contribution in [2.45, 2.75) is 52.2 Å². The Labute approximate surface area is 119 Å². The van der Waals surface area contributed by atoms with E-state index >= 15 is 0 Å². The topological polar surface area (TPSA) is 93.2 Å². The standard InChI is InChI=1S/C14H24N4O2/c1-9-14(15)10(2)18(17-9)8-13(20)16-7-11-3-5-12(19)6-4-11/h11-12,19H,3-8,15H2,1-2H3,(H,16,20). The lowest BCUT2D eigenvalue weighted by Gasteiger charge is -2.25. The van der Waals surface area contributed by atoms with Crippen LogP contribution in [-0.4, -0.2) is 33.4 Å². The summed E-state index contributed by atoms with van der Waals surface area (Å²) in [5.74, 6) is 0.439. The number of aliphatic hydroxyl groups is 1. The SMILES string of the molecule is Cc1nn(CC(=O)NCC2CCC(O)CC2)c(C)c1N. The number of hydrogen-bond donors (Lipinski definition) is 3. The third-order valence-corrected chi connectivity index (χ3v) is 4.14. The fourth-order valence-electron chi connectivity index (χ4n) is 2.66. The van der Waals surface area contributed by atoms with E-state index in [-0.39, 0.29) is 18.6 Å². The smallest absolute Gasteiger partial charge is 0.241 e. The number of carbonyl (C=O) groups is 1. The van der Waals surface area contributed by atoms with Crippen molar-refractivity contribution in [3.05, 3.63) is 11.4 Å². The molecule has 1 aromatic heterocycles. The number of nitrogens with two attached hydrogens (primary N) is 1. The number of aliphatic hydroxyl groups excluding tert-OH is 1. The molecule has 4 N–H and O–H groups in total. The van der Waals surface area contributed by atoms with Crippen molar-refractivity contribution in [1.82, 2.24) is 15.1 Å². The molecule has 6 nitrogen and oxygen atoms in total. The summed E-state index contributed by atoms with van der Waals surface area (Å²) >= 11 is 0. The van der Waals surface area contributed by atoms with Gasteiger partial charge in [-0.3, -0.25) is 9.48 Å². The van der Waals surface area contributed by atoms with Gasteiger partial charge < -0.3 is 16.2 Å². The molecule has 0 aromatic carbocycles. The lowest BCUT2D eigenvalue weighted by molar-refractivity contribution is -0.122. The molecular formula is C14H24N4O2. The van der Waals surface area contributed by atoms with Crippen LogP contribution in [0.5, 0.6) is 0 Å². The van der Waals surface area contributed by atoms with Crippen LogP contribution < -0.4 is 11.1 Å². The largest absolute Gasteiger partial charge is 0.396 e. The van der Waals surface area contributed by atoms with Gasteiger partial charge in [-0.2, -0.15) is 5.10 Å². The first-order valence-electron chi connectivity index (χ1n) is 7.21. The van der Waals surface area contributed by atoms with Crippen LogP contribution in [0, 0.1) is 19.8 Å². The van der Waals surface area contributed by atoms with Gasteiger partial charge in [-0.25, -0.2) is 0 Å². The Morgan fingerprint density at radius 1 is 1.40 bits per heavy atom. The number of amides is 1. The summed E-state index contributed by atoms with van der Waals surface area (Å²) in [6.45, 7) is 4.59. The molecule has 1 saturated carbocycles. The molecule has 0 spiro atoms. The van der Waals surface area contributed by atoms with E-state index in [1.807, 2.05) is 13.8 Å². The van der Waals surface area contributed by atoms with Gasteiger partial charge in [0.15, 0.2) is 0 Å². The molecule has 1 fully saturated rings. The van der Waals surface area contributed by atoms with Crippen LogP contribution >= 0.6 is 0 Å². The van der Waals surface area contributed by atoms with E-state index in [1.165, 1.54) is 0 Å². The van der Waals surface area contributed by atoms with Crippen molar-refractivity contribution in [3.63, 3.8) is 0 Å². The van der Waals surface area contributed by atoms with Gasteiger partial charge in [-0.1, -0.05) is 0 Å². The predicted octanol–water partition coefficient (Wildman–Crippen LogP) is 0.749. The van der Waals surface area contributed by atoms with E-state index in [9.17, 15) is 9.90 Å². The Balaban J connectivity index is 1.79. The molecule has 1 heterocycles. The maximum absolute atomic E-state index is 11.9. The van der Waals surface area contributed by atoms with E-state index in [0.717, 1.165) is 37.1 Å². The third kappa shape index (κ3) is 3.50. The Morgan fingerprint density at radius 3 is 2.60 bits per heavy atom. The van der Waals surface area contributed by atoms with Crippen molar-refractivity contribution in [2.24, 2.45) is 5.92 Å². The second-order valence-electron chi connectivity index (χ2n) is 5.72. The van der Waals surface area contributed by atoms with Gasteiger partial charge in [-0.05, 0) is 45.4 Å². The summed E-state index contributed by atoms with van der Waals surface area (Å²) in [5, 5.41) is 16.6. The molecule has 1 amide bonds. The highest BCUT2D eigenvalue weighted by Gasteiger charge is 2.20. The van der Waals surface area contributed by atoms with Gasteiger partial charge in [0.2, 0.25) is 5.91 Å². The Morgan fingerprint density at radius 2 is 2.05 bits per heavy atom. The number of nitrogens with one attached hydrogen (secondary N) is 1. The molecule has 0 saturated heterocycles. The molecule has 0 atom stereocenters. The number of aryl methyl sites for hydroxylation is 1. The predicted molar refractivity (Wildman–Crippen MR) is 77.1 cm³/mol. The zero-order chi connectivity index (χ0) is 14.7. The highest BCUT2D eigenvalue weighted by atomic mass is 16.3. The minimum absolute atomic E-state index is 0.0401. The first-order chi connectivity index (χ1) is 9.47. The van der Waals surface area contributed by atoms with Crippen LogP contribution in [0.25, 0.3) is 0 Å². The molecule has 1 aliphatic carbocycles. The van der Waals surface area contributed by atoms with Crippen LogP contribution in [0.1, 0.15) is 37.1 Å². The van der Waals surface area contributed by atoms with E-state index < -0.39 is 0 Å². The fraction of sp³-hybridized carbons (Fsp3) is 0.714. The van der Waals surface area contributed by atoms with Crippen molar-refractivity contribution in [2.75, 3.05) is 12.3 Å². The molecule has 112 valence electrons. The fourth-order valence-corrected chi connectivity index (χ4v) is 2.66. The normalized spacial score (nSPS) is 22.8. The number of aromatic nitrogens is 2. The second kappa shape index (κ2) is 6.26. The van der Waals surface area contributed by atoms with Crippen LogP contribution in [-0.2, 0) is 11.3 Å². The molecule has 6 heteroatoms. The first-order valence-corrected chi connectivity index (χ1v) is 7.21. The lowest BCUT2D eigenvalue weighted by Crippen LogP contribution is -2.34. The van der Waals surface area contributed by atoms with Crippen LogP contribution in [0.2, 0.25) is 0 Å². The van der Waals surface area contributed by atoms with Gasteiger partial charge in [0.1, 0.15) is 6.54 Å². The minimum Gasteiger partial charge on any atom is -0.396 e. The van der Waals surface area contributed by atoms with Crippen LogP contribution in [0.3, 0.4) is 0 Å². The van der Waals surface area contributed by atoms with Crippen molar-refractivity contribution >= 4 is 11.6 Å². The van der Waals surface area contributed by atoms with Crippen molar-refractivity contribution < 1.29 is 9.90 Å². The zero-order valence-electron chi connectivity index (χ0n) is 12.2. The second-order valence-corrected chi connectivity index (χ2v) is 5.72. The maximum Gasteiger partial charge on any atom is 0.241 e. The Hall–Kier alpha value is -1.56. The monoisotopic (exact) mass is 280 g/mol. The lowest BCUT2D eigenvalue weighted by atomic mass is 9.87. The summed E-state index contributed by atoms with van der Waals surface area (Å²) in [5.41, 5.74) is 8.09. The number of carbonyl (C=O) groups excluding carboxylic acids is 1.